The molecule has 158 valence electrons. The zero-order valence-electron chi connectivity index (χ0n) is 17.6. The lowest BCUT2D eigenvalue weighted by Crippen LogP contribution is -3.06. The van der Waals surface area contributed by atoms with E-state index < -0.39 is 0 Å². The van der Waals surface area contributed by atoms with Gasteiger partial charge in [-0.15, -0.1) is 0 Å². The third kappa shape index (κ3) is 7.71. The summed E-state index contributed by atoms with van der Waals surface area (Å²) in [5, 5.41) is 0. The first kappa shape index (κ1) is 22.6. The van der Waals surface area contributed by atoms with Gasteiger partial charge in [0.15, 0.2) is 0 Å². The predicted octanol–water partition coefficient (Wildman–Crippen LogP) is 0.932. The van der Waals surface area contributed by atoms with E-state index in [0.717, 1.165) is 12.1 Å². The van der Waals surface area contributed by atoms with Crippen molar-refractivity contribution in [2.24, 2.45) is 0 Å². The minimum Gasteiger partial charge on any atom is -0.472 e. The highest BCUT2D eigenvalue weighted by Crippen LogP contribution is 2.09. The van der Waals surface area contributed by atoms with E-state index in [-0.39, 0.29) is 18.2 Å². The monoisotopic (exact) mass is 402 g/mol. The second kappa shape index (κ2) is 12.0. The molecule has 2 aromatic rings. The second-order valence-electron chi connectivity index (χ2n) is 7.31. The van der Waals surface area contributed by atoms with Crippen LogP contribution in [-0.2, 0) is 16.1 Å². The van der Waals surface area contributed by atoms with Gasteiger partial charge in [-0.3, -0.25) is 9.59 Å². The summed E-state index contributed by atoms with van der Waals surface area (Å²) in [6.45, 7) is 3.28. The number of carbonyl (C=O) groups is 2. The number of nitrogens with one attached hydrogen (secondary N) is 1. The highest BCUT2D eigenvalue weighted by molar-refractivity contribution is 5.94. The number of hydrogen-bond donors (Lipinski definition) is 1. The van der Waals surface area contributed by atoms with Crippen molar-refractivity contribution in [1.82, 2.24) is 9.80 Å². The molecule has 0 saturated heterocycles. The first-order chi connectivity index (χ1) is 14.0. The van der Waals surface area contributed by atoms with Crippen molar-refractivity contribution >= 4 is 11.8 Å². The van der Waals surface area contributed by atoms with Crippen LogP contribution in [0.3, 0.4) is 0 Å². The quantitative estimate of drug-likeness (QED) is 0.574. The molecule has 0 aliphatic rings. The summed E-state index contributed by atoms with van der Waals surface area (Å²) < 4.78 is 10.1. The lowest BCUT2D eigenvalue weighted by atomic mass is 10.2. The fourth-order valence-corrected chi connectivity index (χ4v) is 2.93. The van der Waals surface area contributed by atoms with Crippen LogP contribution in [0.1, 0.15) is 22.3 Å². The van der Waals surface area contributed by atoms with E-state index in [1.54, 1.807) is 18.1 Å². The Morgan fingerprint density at radius 3 is 2.41 bits per heavy atom. The van der Waals surface area contributed by atoms with Gasteiger partial charge in [-0.2, -0.15) is 0 Å². The summed E-state index contributed by atoms with van der Waals surface area (Å²) in [5.74, 6) is -0.117. The Morgan fingerprint density at radius 2 is 1.79 bits per heavy atom. The first-order valence-electron chi connectivity index (χ1n) is 9.92. The Hall–Kier alpha value is -2.64. The average molecular weight is 403 g/mol. The van der Waals surface area contributed by atoms with Crippen molar-refractivity contribution in [3.05, 3.63) is 60.1 Å². The largest absolute Gasteiger partial charge is 0.472 e. The van der Waals surface area contributed by atoms with Gasteiger partial charge in [0.05, 0.1) is 45.6 Å². The highest BCUT2D eigenvalue weighted by Gasteiger charge is 2.20. The van der Waals surface area contributed by atoms with Crippen LogP contribution in [-0.4, -0.2) is 75.6 Å². The van der Waals surface area contributed by atoms with E-state index in [0.29, 0.717) is 38.3 Å². The molecule has 0 unspecified atom stereocenters. The molecule has 1 aromatic heterocycles. The number of quaternary nitrogens is 1. The Bertz CT molecular complexity index is 732. The number of amides is 2. The maximum absolute atomic E-state index is 13.0. The van der Waals surface area contributed by atoms with E-state index in [2.05, 4.69) is 14.1 Å². The average Bonchev–Trinajstić information content (AvgIpc) is 3.26. The number of rotatable bonds is 12. The topological polar surface area (TPSA) is 67.4 Å². The molecular weight excluding hydrogens is 370 g/mol. The smallest absolute Gasteiger partial charge is 0.257 e. The summed E-state index contributed by atoms with van der Waals surface area (Å²) in [6.07, 6.45) is 3.16. The lowest BCUT2D eigenvalue weighted by Gasteiger charge is -2.26. The summed E-state index contributed by atoms with van der Waals surface area (Å²) >= 11 is 0. The Balaban J connectivity index is 2.01. The van der Waals surface area contributed by atoms with Crippen LogP contribution in [0.2, 0.25) is 0 Å². The molecule has 2 amide bonds. The van der Waals surface area contributed by atoms with Crippen molar-refractivity contribution in [3.63, 3.8) is 0 Å². The maximum atomic E-state index is 13.0. The van der Waals surface area contributed by atoms with E-state index >= 15 is 0 Å². The normalized spacial score (nSPS) is 10.9. The van der Waals surface area contributed by atoms with Gasteiger partial charge in [-0.05, 0) is 11.6 Å². The van der Waals surface area contributed by atoms with Crippen molar-refractivity contribution in [3.8, 4) is 0 Å². The molecule has 1 aromatic carbocycles. The Labute approximate surface area is 172 Å². The van der Waals surface area contributed by atoms with Gasteiger partial charge in [-0.1, -0.05) is 30.3 Å². The van der Waals surface area contributed by atoms with Crippen LogP contribution < -0.4 is 4.90 Å². The zero-order chi connectivity index (χ0) is 21.1. The molecule has 0 saturated carbocycles. The van der Waals surface area contributed by atoms with Crippen LogP contribution in [0.15, 0.2) is 53.3 Å². The molecule has 0 radical (unpaired) electrons. The van der Waals surface area contributed by atoms with Gasteiger partial charge in [0.25, 0.3) is 5.91 Å². The lowest BCUT2D eigenvalue weighted by molar-refractivity contribution is -0.857. The Kier molecular flexibility index (Phi) is 9.40. The van der Waals surface area contributed by atoms with Gasteiger partial charge >= 0.3 is 0 Å². The molecule has 0 atom stereocenters. The molecule has 0 spiro atoms. The predicted molar refractivity (Wildman–Crippen MR) is 111 cm³/mol. The van der Waals surface area contributed by atoms with Crippen LogP contribution in [0, 0.1) is 0 Å². The number of methoxy groups -OCH3 is 1. The summed E-state index contributed by atoms with van der Waals surface area (Å²) in [5.41, 5.74) is 1.58. The minimum atomic E-state index is -0.157. The van der Waals surface area contributed by atoms with Gasteiger partial charge in [0.2, 0.25) is 5.91 Å². The zero-order valence-corrected chi connectivity index (χ0v) is 17.6. The second-order valence-corrected chi connectivity index (χ2v) is 7.31. The van der Waals surface area contributed by atoms with Crippen molar-refractivity contribution in [2.75, 3.05) is 54.0 Å². The van der Waals surface area contributed by atoms with Crippen molar-refractivity contribution < 1.29 is 23.6 Å². The number of nitrogens with zero attached hydrogens (tertiary/aromatic N) is 2. The third-order valence-electron chi connectivity index (χ3n) is 4.67. The molecule has 7 nitrogen and oxygen atoms in total. The maximum Gasteiger partial charge on any atom is 0.257 e. The summed E-state index contributed by atoms with van der Waals surface area (Å²) in [6, 6.07) is 11.6. The van der Waals surface area contributed by atoms with Gasteiger partial charge in [-0.25, -0.2) is 0 Å². The van der Waals surface area contributed by atoms with E-state index in [1.165, 1.54) is 17.4 Å². The minimum absolute atomic E-state index is 0.0394. The van der Waals surface area contributed by atoms with Crippen LogP contribution in [0.4, 0.5) is 0 Å². The molecule has 7 heteroatoms. The number of benzene rings is 1. The summed E-state index contributed by atoms with van der Waals surface area (Å²) in [7, 11) is 5.74. The summed E-state index contributed by atoms with van der Waals surface area (Å²) in [4.78, 5) is 30.5. The van der Waals surface area contributed by atoms with E-state index in [4.69, 9.17) is 9.15 Å². The number of likely N-dealkylation sites (N-methyl/N-ethyl adjacent to an activating group) is 1. The first-order valence-corrected chi connectivity index (χ1v) is 9.92. The van der Waals surface area contributed by atoms with Gasteiger partial charge in [0.1, 0.15) is 6.26 Å². The van der Waals surface area contributed by atoms with Crippen molar-refractivity contribution in [2.45, 2.75) is 13.0 Å². The van der Waals surface area contributed by atoms with E-state index in [1.807, 2.05) is 35.2 Å². The van der Waals surface area contributed by atoms with Crippen LogP contribution in [0.5, 0.6) is 0 Å². The molecule has 1 heterocycles. The third-order valence-corrected chi connectivity index (χ3v) is 4.67. The number of ether oxygens (including phenoxy) is 1. The molecule has 29 heavy (non-hydrogen) atoms. The van der Waals surface area contributed by atoms with Crippen molar-refractivity contribution in [1.29, 1.82) is 0 Å². The molecule has 2 rings (SSSR count). The standard InChI is InChI=1S/C22H31N3O4/c1-23(2)12-13-25(17-19-7-5-4-6-8-19)21(26)9-11-24(14-16-28-3)22(27)20-10-15-29-18-20/h4-8,10,15,18H,9,11-14,16-17H2,1-3H3/p+1. The van der Waals surface area contributed by atoms with E-state index in [9.17, 15) is 9.59 Å². The molecular formula is C22H32N3O4+. The Morgan fingerprint density at radius 1 is 1.03 bits per heavy atom. The number of carbonyl (C=O) groups excluding carboxylic acids is 2. The highest BCUT2D eigenvalue weighted by atomic mass is 16.5. The SMILES string of the molecule is COCCN(CCC(=O)N(CC[NH+](C)C)Cc1ccccc1)C(=O)c1ccoc1. The van der Waals surface area contributed by atoms with Gasteiger partial charge in [0, 0.05) is 33.2 Å². The molecule has 0 aliphatic carbocycles. The van der Waals surface area contributed by atoms with Crippen LogP contribution >= 0.6 is 0 Å². The fraction of sp³-hybridized carbons (Fsp3) is 0.455. The molecule has 0 bridgehead atoms. The molecule has 1 N–H and O–H groups in total. The van der Waals surface area contributed by atoms with Crippen LogP contribution in [0.25, 0.3) is 0 Å². The fourth-order valence-electron chi connectivity index (χ4n) is 2.93. The molecule has 0 aliphatic heterocycles. The number of hydrogen-bond acceptors (Lipinski definition) is 4. The number of furan rings is 1. The molecule has 0 fully saturated rings. The van der Waals surface area contributed by atoms with Gasteiger partial charge < -0.3 is 23.9 Å².